The van der Waals surface area contributed by atoms with Crippen molar-refractivity contribution >= 4 is 5.78 Å². The minimum atomic E-state index is 0.290. The Kier molecular flexibility index (Phi) is 8.23. The van der Waals surface area contributed by atoms with E-state index in [-0.39, 0.29) is 5.92 Å². The number of hydrogen-bond donors (Lipinski definition) is 1. The largest absolute Gasteiger partial charge is 0.396 e. The molecule has 3 fully saturated rings. The van der Waals surface area contributed by atoms with Crippen molar-refractivity contribution in [3.8, 4) is 0 Å². The van der Waals surface area contributed by atoms with Crippen LogP contribution in [-0.2, 0) is 4.79 Å². The molecule has 0 bridgehead atoms. The van der Waals surface area contributed by atoms with Gasteiger partial charge in [-0.1, -0.05) is 77.2 Å². The lowest BCUT2D eigenvalue weighted by Crippen LogP contribution is -2.50. The molecule has 0 aromatic rings. The molecule has 1 N–H and O–H groups in total. The second kappa shape index (κ2) is 10.7. The molecule has 0 aromatic heterocycles. The monoisotopic (exact) mass is 442 g/mol. The van der Waals surface area contributed by atoms with Crippen LogP contribution in [0.25, 0.3) is 0 Å². The first-order valence-corrected chi connectivity index (χ1v) is 14.3. The van der Waals surface area contributed by atoms with E-state index in [1.807, 2.05) is 0 Å². The Balaban J connectivity index is 1.25. The van der Waals surface area contributed by atoms with Crippen molar-refractivity contribution in [2.24, 2.45) is 34.5 Å². The molecule has 1 unspecified atom stereocenters. The van der Waals surface area contributed by atoms with Crippen LogP contribution >= 0.6 is 0 Å². The van der Waals surface area contributed by atoms with Crippen molar-refractivity contribution in [3.63, 3.8) is 0 Å². The molecule has 0 aliphatic heterocycles. The van der Waals surface area contributed by atoms with Gasteiger partial charge < -0.3 is 5.11 Å². The van der Waals surface area contributed by atoms with Gasteiger partial charge in [0.05, 0.1) is 0 Å². The molecule has 0 aromatic carbocycles. The van der Waals surface area contributed by atoms with Gasteiger partial charge in [0.25, 0.3) is 0 Å². The molecular weight excluding hydrogens is 392 g/mol. The third kappa shape index (κ3) is 5.06. The Morgan fingerprint density at radius 2 is 1.56 bits per heavy atom. The van der Waals surface area contributed by atoms with Crippen LogP contribution in [0.1, 0.15) is 129 Å². The molecule has 6 atom stereocenters. The van der Waals surface area contributed by atoms with E-state index < -0.39 is 0 Å². The highest BCUT2D eigenvalue weighted by atomic mass is 16.2. The number of carbonyl (C=O) groups excluding carboxylic acids is 1. The molecule has 2 heteroatoms. The molecule has 4 aliphatic carbocycles. The lowest BCUT2D eigenvalue weighted by molar-refractivity contribution is -0.122. The first-order chi connectivity index (χ1) is 15.5. The van der Waals surface area contributed by atoms with E-state index in [2.05, 4.69) is 19.9 Å². The maximum atomic E-state index is 13.0. The molecule has 182 valence electrons. The second-order valence-corrected chi connectivity index (χ2v) is 12.6. The number of ketones is 1. The summed E-state index contributed by atoms with van der Waals surface area (Å²) < 4.78 is 0. The predicted octanol–water partition coefficient (Wildman–Crippen LogP) is 8.03. The van der Waals surface area contributed by atoms with Crippen LogP contribution in [-0.4, -0.2) is 17.5 Å². The summed E-state index contributed by atoms with van der Waals surface area (Å²) in [4.78, 5) is 13.0. The molecule has 2 nitrogen and oxygen atoms in total. The summed E-state index contributed by atoms with van der Waals surface area (Å²) in [5.41, 5.74) is 2.46. The smallest absolute Gasteiger partial charge is 0.158 e. The average Bonchev–Trinajstić information content (AvgIpc) is 3.17. The quantitative estimate of drug-likeness (QED) is 0.329. The number of carbonyl (C=O) groups is 1. The molecule has 4 aliphatic rings. The Labute approximate surface area is 198 Å². The molecule has 32 heavy (non-hydrogen) atoms. The molecule has 3 saturated carbocycles. The number of rotatable bonds is 11. The van der Waals surface area contributed by atoms with Crippen molar-refractivity contribution in [1.82, 2.24) is 0 Å². The highest BCUT2D eigenvalue weighted by Crippen LogP contribution is 2.65. The third-order valence-electron chi connectivity index (χ3n) is 10.6. The van der Waals surface area contributed by atoms with E-state index in [9.17, 15) is 4.79 Å². The van der Waals surface area contributed by atoms with Gasteiger partial charge in [0.15, 0.2) is 5.78 Å². The lowest BCUT2D eigenvalue weighted by atomic mass is 9.46. The van der Waals surface area contributed by atoms with Gasteiger partial charge in [0.2, 0.25) is 0 Å². The summed E-state index contributed by atoms with van der Waals surface area (Å²) in [5.74, 6) is 3.46. The molecular formula is C30H50O2. The van der Waals surface area contributed by atoms with E-state index in [1.165, 1.54) is 102 Å². The van der Waals surface area contributed by atoms with Crippen molar-refractivity contribution in [2.45, 2.75) is 129 Å². The number of fused-ring (bicyclic) bond motifs is 5. The van der Waals surface area contributed by atoms with Crippen LogP contribution in [0.4, 0.5) is 0 Å². The Bertz CT molecular complexity index is 666. The zero-order valence-corrected chi connectivity index (χ0v) is 21.2. The van der Waals surface area contributed by atoms with Crippen LogP contribution in [0, 0.1) is 34.5 Å². The zero-order valence-electron chi connectivity index (χ0n) is 21.2. The molecule has 0 spiro atoms. The summed E-state index contributed by atoms with van der Waals surface area (Å²) >= 11 is 0. The van der Waals surface area contributed by atoms with Gasteiger partial charge in [-0.3, -0.25) is 4.79 Å². The maximum Gasteiger partial charge on any atom is 0.158 e. The molecule has 0 heterocycles. The first-order valence-electron chi connectivity index (χ1n) is 14.3. The molecule has 0 amide bonds. The van der Waals surface area contributed by atoms with E-state index in [4.69, 9.17) is 5.11 Å². The van der Waals surface area contributed by atoms with Crippen LogP contribution < -0.4 is 0 Å². The minimum Gasteiger partial charge on any atom is -0.396 e. The number of allylic oxidation sites excluding steroid dienone is 1. The topological polar surface area (TPSA) is 37.3 Å². The van der Waals surface area contributed by atoms with E-state index in [0.717, 1.165) is 37.0 Å². The minimum absolute atomic E-state index is 0.290. The van der Waals surface area contributed by atoms with Crippen molar-refractivity contribution in [1.29, 1.82) is 0 Å². The number of aliphatic hydroxyl groups excluding tert-OH is 1. The molecule has 0 saturated heterocycles. The van der Waals surface area contributed by atoms with Gasteiger partial charge in [-0.2, -0.15) is 0 Å². The van der Waals surface area contributed by atoms with Gasteiger partial charge in [0.1, 0.15) is 0 Å². The van der Waals surface area contributed by atoms with Crippen molar-refractivity contribution in [2.75, 3.05) is 6.61 Å². The molecule has 0 radical (unpaired) electrons. The SMILES string of the molecule is C[C@@]12CCC[C@H]1[C@@H]1CCC3=CC(=O)C(CCCCCCCCCCCO)C[C@]3(C)[C@H]1CC2. The third-order valence-corrected chi connectivity index (χ3v) is 10.6. The summed E-state index contributed by atoms with van der Waals surface area (Å²) in [6.45, 7) is 5.50. The van der Waals surface area contributed by atoms with Crippen LogP contribution in [0.15, 0.2) is 11.6 Å². The van der Waals surface area contributed by atoms with Gasteiger partial charge in [-0.05, 0) is 92.4 Å². The van der Waals surface area contributed by atoms with Crippen LogP contribution in [0.3, 0.4) is 0 Å². The van der Waals surface area contributed by atoms with E-state index in [0.29, 0.717) is 23.2 Å². The normalized spacial score (nSPS) is 38.7. The zero-order chi connectivity index (χ0) is 22.6. The van der Waals surface area contributed by atoms with Gasteiger partial charge in [0, 0.05) is 12.5 Å². The highest BCUT2D eigenvalue weighted by Gasteiger charge is 2.56. The summed E-state index contributed by atoms with van der Waals surface area (Å²) in [5, 5.41) is 8.85. The van der Waals surface area contributed by atoms with E-state index >= 15 is 0 Å². The van der Waals surface area contributed by atoms with Crippen molar-refractivity contribution in [3.05, 3.63) is 11.6 Å². The fourth-order valence-electron chi connectivity index (χ4n) is 8.73. The van der Waals surface area contributed by atoms with Gasteiger partial charge in [-0.15, -0.1) is 0 Å². The number of aliphatic hydroxyl groups is 1. The fraction of sp³-hybridized carbons (Fsp3) is 0.900. The molecule has 4 rings (SSSR count). The van der Waals surface area contributed by atoms with Gasteiger partial charge >= 0.3 is 0 Å². The Hall–Kier alpha value is -0.630. The Morgan fingerprint density at radius 1 is 0.875 bits per heavy atom. The van der Waals surface area contributed by atoms with Crippen LogP contribution in [0.5, 0.6) is 0 Å². The highest BCUT2D eigenvalue weighted by molar-refractivity contribution is 5.93. The van der Waals surface area contributed by atoms with E-state index in [1.54, 1.807) is 0 Å². The summed E-state index contributed by atoms with van der Waals surface area (Å²) in [6.07, 6.45) is 25.4. The standard InChI is InChI=1S/C30H50O2/c1-29-18-12-14-26(29)25-16-15-24-21-28(32)23(22-30(24,2)27(25)17-19-29)13-10-8-6-4-3-5-7-9-11-20-31/h21,23,25-27,31H,3-20,22H2,1-2H3/t23?,25-,26-,27-,29-,30-/m0/s1. The number of unbranched alkanes of at least 4 members (excludes halogenated alkanes) is 8. The van der Waals surface area contributed by atoms with Gasteiger partial charge in [-0.25, -0.2) is 0 Å². The fourth-order valence-corrected chi connectivity index (χ4v) is 8.73. The predicted molar refractivity (Wildman–Crippen MR) is 133 cm³/mol. The average molecular weight is 443 g/mol. The second-order valence-electron chi connectivity index (χ2n) is 12.6. The van der Waals surface area contributed by atoms with Crippen molar-refractivity contribution < 1.29 is 9.90 Å². The first kappa shape index (κ1) is 24.5. The van der Waals surface area contributed by atoms with Crippen LogP contribution in [0.2, 0.25) is 0 Å². The maximum absolute atomic E-state index is 13.0. The number of hydrogen-bond acceptors (Lipinski definition) is 2. The summed E-state index contributed by atoms with van der Waals surface area (Å²) in [6, 6.07) is 0. The summed E-state index contributed by atoms with van der Waals surface area (Å²) in [7, 11) is 0. The lowest BCUT2D eigenvalue weighted by Gasteiger charge is -2.58. The Morgan fingerprint density at radius 3 is 2.28 bits per heavy atom.